The lowest BCUT2D eigenvalue weighted by Gasteiger charge is -2.29. The molecule has 16 heavy (non-hydrogen) atoms. The minimum Gasteiger partial charge on any atom is -0.313 e. The van der Waals surface area contributed by atoms with Crippen molar-refractivity contribution in [2.45, 2.75) is 38.6 Å². The average molecular weight is 227 g/mol. The van der Waals surface area contributed by atoms with Crippen molar-refractivity contribution in [2.24, 2.45) is 0 Å². The van der Waals surface area contributed by atoms with Gasteiger partial charge >= 0.3 is 0 Å². The Morgan fingerprint density at radius 1 is 1.19 bits per heavy atom. The second-order valence-electron chi connectivity index (χ2n) is 5.37. The fraction of sp³-hybridized carbons (Fsp3) is 1.00. The molecule has 0 aromatic rings. The first-order valence-electron chi connectivity index (χ1n) is 6.79. The maximum absolute atomic E-state index is 3.62. The summed E-state index contributed by atoms with van der Waals surface area (Å²) in [5, 5.41) is 3.62. The highest BCUT2D eigenvalue weighted by atomic mass is 15.1. The summed E-state index contributed by atoms with van der Waals surface area (Å²) in [6, 6.07) is 0.639. The molecule has 0 aromatic heterocycles. The van der Waals surface area contributed by atoms with Gasteiger partial charge in [0.15, 0.2) is 0 Å². The molecule has 0 radical (unpaired) electrons. The molecule has 0 aromatic carbocycles. The molecule has 1 atom stereocenters. The van der Waals surface area contributed by atoms with Crippen LogP contribution in [0.2, 0.25) is 0 Å². The van der Waals surface area contributed by atoms with Crippen molar-refractivity contribution in [3.63, 3.8) is 0 Å². The first-order chi connectivity index (χ1) is 7.68. The van der Waals surface area contributed by atoms with Gasteiger partial charge in [-0.3, -0.25) is 0 Å². The van der Waals surface area contributed by atoms with Crippen molar-refractivity contribution < 1.29 is 0 Å². The van der Waals surface area contributed by atoms with E-state index in [1.54, 1.807) is 0 Å². The summed E-state index contributed by atoms with van der Waals surface area (Å²) in [7, 11) is 4.27. The summed E-state index contributed by atoms with van der Waals surface area (Å²) in [5.41, 5.74) is 0. The van der Waals surface area contributed by atoms with Gasteiger partial charge in [0.1, 0.15) is 0 Å². The largest absolute Gasteiger partial charge is 0.313 e. The number of nitrogens with one attached hydrogen (secondary N) is 1. The first-order valence-corrected chi connectivity index (χ1v) is 6.79. The summed E-state index contributed by atoms with van der Waals surface area (Å²) >= 11 is 0. The molecule has 0 spiro atoms. The molecule has 1 saturated heterocycles. The maximum Gasteiger partial charge on any atom is 0.0166 e. The third kappa shape index (κ3) is 6.46. The monoisotopic (exact) mass is 227 g/mol. The molecule has 3 nitrogen and oxygen atoms in total. The number of likely N-dealkylation sites (tertiary alicyclic amines) is 1. The molecule has 0 saturated carbocycles. The highest BCUT2D eigenvalue weighted by molar-refractivity contribution is 4.71. The topological polar surface area (TPSA) is 18.5 Å². The van der Waals surface area contributed by atoms with Crippen molar-refractivity contribution in [3.05, 3.63) is 0 Å². The van der Waals surface area contributed by atoms with Crippen LogP contribution in [0, 0.1) is 0 Å². The zero-order chi connectivity index (χ0) is 11.8. The molecular formula is C13H29N3. The molecule has 1 aliphatic rings. The van der Waals surface area contributed by atoms with E-state index < -0.39 is 0 Å². The molecular weight excluding hydrogens is 198 g/mol. The van der Waals surface area contributed by atoms with E-state index in [0.717, 1.165) is 6.54 Å². The van der Waals surface area contributed by atoms with Crippen molar-refractivity contribution in [2.75, 3.05) is 46.8 Å². The lowest BCUT2D eigenvalue weighted by molar-refractivity contribution is 0.208. The number of nitrogens with zero attached hydrogens (tertiary/aromatic N) is 2. The Kier molecular flexibility index (Phi) is 7.01. The van der Waals surface area contributed by atoms with Gasteiger partial charge in [-0.2, -0.15) is 0 Å². The van der Waals surface area contributed by atoms with Gasteiger partial charge in [0.05, 0.1) is 0 Å². The lowest BCUT2D eigenvalue weighted by atomic mass is 10.1. The van der Waals surface area contributed by atoms with Gasteiger partial charge in [0.25, 0.3) is 0 Å². The minimum absolute atomic E-state index is 0.639. The molecule has 1 heterocycles. The Balaban J connectivity index is 1.99. The van der Waals surface area contributed by atoms with Crippen molar-refractivity contribution in [3.8, 4) is 0 Å². The smallest absolute Gasteiger partial charge is 0.0166 e. The minimum atomic E-state index is 0.639. The van der Waals surface area contributed by atoms with E-state index >= 15 is 0 Å². The van der Waals surface area contributed by atoms with Crippen LogP contribution in [0.3, 0.4) is 0 Å². The van der Waals surface area contributed by atoms with Gasteiger partial charge in [-0.05, 0) is 66.5 Å². The van der Waals surface area contributed by atoms with Gasteiger partial charge in [-0.15, -0.1) is 0 Å². The summed E-state index contributed by atoms with van der Waals surface area (Å²) in [4.78, 5) is 4.85. The SMILES string of the molecule is CC(CN1CCCCC1)NCCCN(C)C. The van der Waals surface area contributed by atoms with Crippen LogP contribution in [0.4, 0.5) is 0 Å². The summed E-state index contributed by atoms with van der Waals surface area (Å²) in [5.74, 6) is 0. The van der Waals surface area contributed by atoms with E-state index in [1.807, 2.05) is 0 Å². The number of hydrogen-bond acceptors (Lipinski definition) is 3. The van der Waals surface area contributed by atoms with Gasteiger partial charge < -0.3 is 15.1 Å². The second-order valence-corrected chi connectivity index (χ2v) is 5.37. The predicted molar refractivity (Wildman–Crippen MR) is 70.9 cm³/mol. The molecule has 0 bridgehead atoms. The maximum atomic E-state index is 3.62. The Labute approximate surface area is 101 Å². The molecule has 96 valence electrons. The van der Waals surface area contributed by atoms with Crippen LogP contribution in [0.25, 0.3) is 0 Å². The van der Waals surface area contributed by atoms with Crippen LogP contribution in [-0.4, -0.2) is 62.7 Å². The van der Waals surface area contributed by atoms with Crippen LogP contribution in [0.15, 0.2) is 0 Å². The first kappa shape index (κ1) is 13.9. The Bertz CT molecular complexity index is 165. The van der Waals surface area contributed by atoms with Gasteiger partial charge in [-0.25, -0.2) is 0 Å². The van der Waals surface area contributed by atoms with Crippen LogP contribution in [0.5, 0.6) is 0 Å². The number of rotatable bonds is 7. The van der Waals surface area contributed by atoms with Gasteiger partial charge in [0, 0.05) is 12.6 Å². The normalized spacial score (nSPS) is 20.2. The molecule has 1 fully saturated rings. The molecule has 3 heteroatoms. The van der Waals surface area contributed by atoms with E-state index in [2.05, 4.69) is 36.1 Å². The third-order valence-electron chi connectivity index (χ3n) is 3.26. The summed E-state index contributed by atoms with van der Waals surface area (Å²) in [6.45, 7) is 8.48. The molecule has 1 aliphatic heterocycles. The highest BCUT2D eigenvalue weighted by Crippen LogP contribution is 2.08. The molecule has 0 amide bonds. The Hall–Kier alpha value is -0.120. The zero-order valence-electron chi connectivity index (χ0n) is 11.3. The fourth-order valence-corrected chi connectivity index (χ4v) is 2.34. The zero-order valence-corrected chi connectivity index (χ0v) is 11.3. The molecule has 1 N–H and O–H groups in total. The number of piperidine rings is 1. The average Bonchev–Trinajstić information content (AvgIpc) is 2.25. The van der Waals surface area contributed by atoms with Crippen LogP contribution in [0.1, 0.15) is 32.6 Å². The van der Waals surface area contributed by atoms with Crippen LogP contribution < -0.4 is 5.32 Å². The van der Waals surface area contributed by atoms with E-state index in [0.29, 0.717) is 6.04 Å². The summed E-state index contributed by atoms with van der Waals surface area (Å²) < 4.78 is 0. The summed E-state index contributed by atoms with van der Waals surface area (Å²) in [6.07, 6.45) is 5.47. The van der Waals surface area contributed by atoms with Crippen LogP contribution in [-0.2, 0) is 0 Å². The van der Waals surface area contributed by atoms with Crippen LogP contribution >= 0.6 is 0 Å². The molecule has 1 unspecified atom stereocenters. The molecule has 1 rings (SSSR count). The lowest BCUT2D eigenvalue weighted by Crippen LogP contribution is -2.42. The van der Waals surface area contributed by atoms with Crippen molar-refractivity contribution >= 4 is 0 Å². The quantitative estimate of drug-likeness (QED) is 0.663. The van der Waals surface area contributed by atoms with E-state index in [9.17, 15) is 0 Å². The standard InChI is InChI=1S/C13H29N3/c1-13(14-8-7-9-15(2)3)12-16-10-5-4-6-11-16/h13-14H,4-12H2,1-3H3. The van der Waals surface area contributed by atoms with Gasteiger partial charge in [-0.1, -0.05) is 6.42 Å². The second kappa shape index (κ2) is 8.04. The molecule has 0 aliphatic carbocycles. The van der Waals surface area contributed by atoms with Gasteiger partial charge in [0.2, 0.25) is 0 Å². The Morgan fingerprint density at radius 2 is 1.88 bits per heavy atom. The van der Waals surface area contributed by atoms with E-state index in [1.165, 1.54) is 51.9 Å². The predicted octanol–water partition coefficient (Wildman–Crippen LogP) is 1.40. The van der Waals surface area contributed by atoms with Crippen molar-refractivity contribution in [1.82, 2.24) is 15.1 Å². The Morgan fingerprint density at radius 3 is 2.50 bits per heavy atom. The third-order valence-corrected chi connectivity index (χ3v) is 3.26. The number of hydrogen-bond donors (Lipinski definition) is 1. The van der Waals surface area contributed by atoms with E-state index in [4.69, 9.17) is 0 Å². The van der Waals surface area contributed by atoms with E-state index in [-0.39, 0.29) is 0 Å². The van der Waals surface area contributed by atoms with Crippen molar-refractivity contribution in [1.29, 1.82) is 0 Å². The highest BCUT2D eigenvalue weighted by Gasteiger charge is 2.12. The fourth-order valence-electron chi connectivity index (χ4n) is 2.34.